The molecule has 0 aromatic heterocycles. The summed E-state index contributed by atoms with van der Waals surface area (Å²) in [6.45, 7) is 1.74. The van der Waals surface area contributed by atoms with E-state index in [9.17, 15) is 4.79 Å². The molecule has 0 aliphatic heterocycles. The molecule has 4 nitrogen and oxygen atoms in total. The fourth-order valence-corrected chi connectivity index (χ4v) is 1.82. The number of ether oxygens (including phenoxy) is 1. The maximum atomic E-state index is 11.5. The molecule has 1 rings (SSSR count). The lowest BCUT2D eigenvalue weighted by Crippen LogP contribution is -2.35. The molecule has 0 aliphatic rings. The van der Waals surface area contributed by atoms with Crippen LogP contribution in [0.4, 0.5) is 0 Å². The van der Waals surface area contributed by atoms with Crippen molar-refractivity contribution in [1.82, 2.24) is 10.2 Å². The van der Waals surface area contributed by atoms with Crippen molar-refractivity contribution in [2.24, 2.45) is 0 Å². The molecule has 0 saturated heterocycles. The fraction of sp³-hybridized carbons (Fsp3) is 0.286. The van der Waals surface area contributed by atoms with Crippen molar-refractivity contribution in [3.63, 3.8) is 0 Å². The molecule has 0 saturated carbocycles. The third kappa shape index (κ3) is 4.06. The van der Waals surface area contributed by atoms with Gasteiger partial charge in [0.2, 0.25) is 0 Å². The average Bonchev–Trinajstić information content (AvgIpc) is 2.48. The van der Waals surface area contributed by atoms with E-state index in [1.54, 1.807) is 18.0 Å². The lowest BCUT2D eigenvalue weighted by atomic mass is 10.1. The summed E-state index contributed by atoms with van der Waals surface area (Å²) in [6, 6.07) is 9.34. The van der Waals surface area contributed by atoms with Crippen LogP contribution in [0.2, 0.25) is 0 Å². The molecule has 1 aromatic rings. The Morgan fingerprint density at radius 3 is 2.53 bits per heavy atom. The SMILES string of the molecule is CN/C(=C\N(C=S)C(C)C(=O)OC)c1ccccc1. The second-order valence-electron chi connectivity index (χ2n) is 3.91. The minimum absolute atomic E-state index is 0.333. The van der Waals surface area contributed by atoms with E-state index in [0.717, 1.165) is 11.3 Å². The standard InChI is InChI=1S/C14H18N2O2S/c1-11(14(17)18-3)16(10-19)9-13(15-2)12-7-5-4-6-8-12/h4-11,15H,1-3H3/b13-9-. The number of nitrogens with one attached hydrogen (secondary N) is 1. The zero-order chi connectivity index (χ0) is 14.3. The van der Waals surface area contributed by atoms with E-state index in [1.165, 1.54) is 12.6 Å². The Balaban J connectivity index is 3.01. The highest BCUT2D eigenvalue weighted by Crippen LogP contribution is 2.12. The summed E-state index contributed by atoms with van der Waals surface area (Å²) < 4.78 is 4.72. The van der Waals surface area contributed by atoms with Gasteiger partial charge < -0.3 is 15.0 Å². The second-order valence-corrected chi connectivity index (χ2v) is 4.12. The van der Waals surface area contributed by atoms with Crippen molar-refractivity contribution in [1.29, 1.82) is 0 Å². The monoisotopic (exact) mass is 278 g/mol. The molecule has 1 atom stereocenters. The van der Waals surface area contributed by atoms with E-state index in [0.29, 0.717) is 0 Å². The number of nitrogens with zero attached hydrogens (tertiary/aromatic N) is 1. The third-order valence-corrected chi connectivity index (χ3v) is 2.99. The Hall–Kier alpha value is -1.88. The van der Waals surface area contributed by atoms with Crippen LogP contribution < -0.4 is 5.32 Å². The van der Waals surface area contributed by atoms with Crippen molar-refractivity contribution in [3.8, 4) is 0 Å². The molecule has 1 unspecified atom stereocenters. The quantitative estimate of drug-likeness (QED) is 0.637. The first-order chi connectivity index (χ1) is 9.13. The Morgan fingerprint density at radius 1 is 1.42 bits per heavy atom. The number of thiocarbonyl (C=S) groups is 1. The lowest BCUT2D eigenvalue weighted by Gasteiger charge is -2.22. The van der Waals surface area contributed by atoms with Crippen molar-refractivity contribution < 1.29 is 9.53 Å². The van der Waals surface area contributed by atoms with Crippen molar-refractivity contribution >= 4 is 29.4 Å². The average molecular weight is 278 g/mol. The van der Waals surface area contributed by atoms with Crippen LogP contribution in [0.25, 0.3) is 5.70 Å². The Morgan fingerprint density at radius 2 is 2.05 bits per heavy atom. The van der Waals surface area contributed by atoms with Crippen LogP contribution in [0.3, 0.4) is 0 Å². The number of methoxy groups -OCH3 is 1. The van der Waals surface area contributed by atoms with Crippen LogP contribution in [0.5, 0.6) is 0 Å². The van der Waals surface area contributed by atoms with Crippen molar-refractivity contribution in [2.75, 3.05) is 14.2 Å². The topological polar surface area (TPSA) is 41.6 Å². The van der Waals surface area contributed by atoms with Crippen LogP contribution >= 0.6 is 12.2 Å². The number of esters is 1. The number of carbonyl (C=O) groups excluding carboxylic acids is 1. The summed E-state index contributed by atoms with van der Waals surface area (Å²) in [6.07, 6.45) is 1.80. The largest absolute Gasteiger partial charge is 0.467 e. The van der Waals surface area contributed by atoms with E-state index in [2.05, 4.69) is 5.32 Å². The normalized spacial score (nSPS) is 12.5. The smallest absolute Gasteiger partial charge is 0.328 e. The van der Waals surface area contributed by atoms with Crippen molar-refractivity contribution in [2.45, 2.75) is 13.0 Å². The van der Waals surface area contributed by atoms with Crippen LogP contribution in [-0.2, 0) is 9.53 Å². The lowest BCUT2D eigenvalue weighted by molar-refractivity contribution is -0.144. The maximum Gasteiger partial charge on any atom is 0.328 e. The molecule has 0 spiro atoms. The van der Waals surface area contributed by atoms with E-state index in [4.69, 9.17) is 17.0 Å². The summed E-state index contributed by atoms with van der Waals surface area (Å²) in [5.41, 5.74) is 3.32. The Labute approximate surface area is 119 Å². The van der Waals surface area contributed by atoms with Gasteiger partial charge in [0, 0.05) is 13.2 Å². The minimum Gasteiger partial charge on any atom is -0.467 e. The van der Waals surface area contributed by atoms with Gasteiger partial charge >= 0.3 is 5.97 Å². The Kier molecular flexibility index (Phi) is 6.02. The molecule has 102 valence electrons. The molecule has 0 radical (unpaired) electrons. The van der Waals surface area contributed by atoms with Crippen LogP contribution in [0.15, 0.2) is 36.5 Å². The molecule has 0 bridgehead atoms. The van der Waals surface area contributed by atoms with Crippen molar-refractivity contribution in [3.05, 3.63) is 42.1 Å². The van der Waals surface area contributed by atoms with Gasteiger partial charge in [-0.05, 0) is 12.5 Å². The molecule has 0 heterocycles. The van der Waals surface area contributed by atoms with E-state index < -0.39 is 6.04 Å². The first-order valence-electron chi connectivity index (χ1n) is 5.89. The first-order valence-corrected chi connectivity index (χ1v) is 6.36. The zero-order valence-electron chi connectivity index (χ0n) is 11.3. The van der Waals surface area contributed by atoms with Crippen LogP contribution in [-0.4, -0.2) is 36.6 Å². The molecule has 0 amide bonds. The molecular weight excluding hydrogens is 260 g/mol. The second kappa shape index (κ2) is 7.53. The highest BCUT2D eigenvalue weighted by atomic mass is 32.1. The molecule has 1 N–H and O–H groups in total. The summed E-state index contributed by atoms with van der Waals surface area (Å²) >= 11 is 4.95. The summed E-state index contributed by atoms with van der Waals surface area (Å²) in [4.78, 5) is 13.2. The van der Waals surface area contributed by atoms with Gasteiger partial charge in [-0.25, -0.2) is 4.79 Å². The number of rotatable bonds is 6. The number of carbonyl (C=O) groups is 1. The predicted octanol–water partition coefficient (Wildman–Crippen LogP) is 2.03. The van der Waals surface area contributed by atoms with E-state index >= 15 is 0 Å². The summed E-state index contributed by atoms with van der Waals surface area (Å²) in [5.74, 6) is -0.333. The fourth-order valence-electron chi connectivity index (χ4n) is 1.58. The van der Waals surface area contributed by atoms with Gasteiger partial charge in [0.05, 0.1) is 18.3 Å². The highest BCUT2D eigenvalue weighted by molar-refractivity contribution is 7.78. The van der Waals surface area contributed by atoms with Gasteiger partial charge in [-0.1, -0.05) is 42.5 Å². The van der Waals surface area contributed by atoms with E-state index in [1.807, 2.05) is 37.4 Å². The molecular formula is C14H18N2O2S. The first kappa shape index (κ1) is 15.2. The predicted molar refractivity (Wildman–Crippen MR) is 80.5 cm³/mol. The van der Waals surface area contributed by atoms with Gasteiger partial charge in [0.25, 0.3) is 0 Å². The minimum atomic E-state index is -0.463. The molecule has 5 heteroatoms. The maximum absolute atomic E-state index is 11.5. The Bertz CT molecular complexity index is 460. The summed E-state index contributed by atoms with van der Waals surface area (Å²) in [5, 5.41) is 3.10. The zero-order valence-corrected chi connectivity index (χ0v) is 12.1. The summed E-state index contributed by atoms with van der Waals surface area (Å²) in [7, 11) is 3.18. The number of hydrogen-bond donors (Lipinski definition) is 1. The van der Waals surface area contributed by atoms with Gasteiger partial charge in [-0.2, -0.15) is 0 Å². The van der Waals surface area contributed by atoms with Gasteiger partial charge in [0.1, 0.15) is 6.04 Å². The van der Waals surface area contributed by atoms with Gasteiger partial charge in [-0.3, -0.25) is 0 Å². The molecule has 0 aliphatic carbocycles. The molecule has 19 heavy (non-hydrogen) atoms. The number of benzene rings is 1. The number of hydrogen-bond acceptors (Lipinski definition) is 4. The van der Waals surface area contributed by atoms with Crippen LogP contribution in [0.1, 0.15) is 12.5 Å². The molecule has 1 aromatic carbocycles. The van der Waals surface area contributed by atoms with Crippen LogP contribution in [0, 0.1) is 0 Å². The third-order valence-electron chi connectivity index (χ3n) is 2.74. The van der Waals surface area contributed by atoms with Gasteiger partial charge in [-0.15, -0.1) is 0 Å². The van der Waals surface area contributed by atoms with E-state index in [-0.39, 0.29) is 5.97 Å². The van der Waals surface area contributed by atoms with Gasteiger partial charge in [0.15, 0.2) is 0 Å². The highest BCUT2D eigenvalue weighted by Gasteiger charge is 2.18. The molecule has 0 fully saturated rings.